The van der Waals surface area contributed by atoms with Crippen LogP contribution in [0.1, 0.15) is 18.7 Å². The highest BCUT2D eigenvalue weighted by molar-refractivity contribution is 5.63. The van der Waals surface area contributed by atoms with E-state index in [1.807, 2.05) is 22.7 Å². The number of nitrogens with two attached hydrogens (primary N) is 1. The summed E-state index contributed by atoms with van der Waals surface area (Å²) in [5, 5.41) is 8.46. The van der Waals surface area contributed by atoms with E-state index in [0.29, 0.717) is 5.69 Å². The summed E-state index contributed by atoms with van der Waals surface area (Å²) in [5.74, 6) is 1.75. The molecule has 5 heteroatoms. The highest BCUT2D eigenvalue weighted by atomic mass is 15.2. The Kier molecular flexibility index (Phi) is 2.91. The molecule has 1 aliphatic heterocycles. The molecule has 2 N–H and O–H groups in total. The van der Waals surface area contributed by atoms with Gasteiger partial charge in [-0.05, 0) is 51.0 Å². The molecular weight excluding hydrogens is 226 g/mol. The van der Waals surface area contributed by atoms with Crippen LogP contribution in [0.4, 0.5) is 5.69 Å². The van der Waals surface area contributed by atoms with Crippen LogP contribution in [0, 0.1) is 5.92 Å². The van der Waals surface area contributed by atoms with Crippen molar-refractivity contribution in [2.75, 3.05) is 25.9 Å². The van der Waals surface area contributed by atoms with Crippen molar-refractivity contribution in [3.8, 4) is 0 Å². The Hall–Kier alpha value is -1.62. The van der Waals surface area contributed by atoms with Crippen LogP contribution in [0.25, 0.3) is 5.65 Å². The zero-order chi connectivity index (χ0) is 12.5. The van der Waals surface area contributed by atoms with E-state index in [4.69, 9.17) is 5.73 Å². The van der Waals surface area contributed by atoms with Crippen molar-refractivity contribution >= 4 is 11.3 Å². The predicted octanol–water partition coefficient (Wildman–Crippen LogP) is 1.20. The molecule has 0 saturated carbocycles. The van der Waals surface area contributed by atoms with Gasteiger partial charge in [-0.25, -0.2) is 0 Å². The summed E-state index contributed by atoms with van der Waals surface area (Å²) in [5.41, 5.74) is 7.36. The molecule has 3 rings (SSSR count). The second kappa shape index (κ2) is 4.57. The third kappa shape index (κ3) is 2.06. The average Bonchev–Trinajstić information content (AvgIpc) is 2.77. The van der Waals surface area contributed by atoms with Gasteiger partial charge >= 0.3 is 0 Å². The van der Waals surface area contributed by atoms with Gasteiger partial charge in [0.1, 0.15) is 5.82 Å². The minimum atomic E-state index is 0.694. The number of anilines is 1. The summed E-state index contributed by atoms with van der Waals surface area (Å²) in [4.78, 5) is 2.39. The van der Waals surface area contributed by atoms with Crippen molar-refractivity contribution in [1.82, 2.24) is 19.5 Å². The molecule has 0 aromatic carbocycles. The molecule has 0 bridgehead atoms. The zero-order valence-electron chi connectivity index (χ0n) is 10.7. The lowest BCUT2D eigenvalue weighted by Gasteiger charge is -2.28. The normalized spacial score (nSPS) is 18.5. The van der Waals surface area contributed by atoms with E-state index in [9.17, 15) is 0 Å². The molecule has 0 radical (unpaired) electrons. The number of rotatable bonds is 2. The lowest BCUT2D eigenvalue weighted by atomic mass is 9.93. The molecule has 0 aliphatic carbocycles. The lowest BCUT2D eigenvalue weighted by Crippen LogP contribution is -2.31. The van der Waals surface area contributed by atoms with Gasteiger partial charge in [-0.2, -0.15) is 0 Å². The van der Waals surface area contributed by atoms with Gasteiger partial charge in [-0.15, -0.1) is 10.2 Å². The molecule has 0 spiro atoms. The Morgan fingerprint density at radius 2 is 2.11 bits per heavy atom. The summed E-state index contributed by atoms with van der Waals surface area (Å²) < 4.78 is 2.02. The second-order valence-electron chi connectivity index (χ2n) is 5.22. The number of fused-ring (bicyclic) bond motifs is 1. The maximum Gasteiger partial charge on any atom is 0.183 e. The van der Waals surface area contributed by atoms with E-state index in [1.54, 1.807) is 0 Å². The molecule has 0 unspecified atom stereocenters. The Labute approximate surface area is 107 Å². The molecule has 1 saturated heterocycles. The molecule has 2 aromatic heterocycles. The monoisotopic (exact) mass is 245 g/mol. The van der Waals surface area contributed by atoms with E-state index in [0.717, 1.165) is 23.8 Å². The van der Waals surface area contributed by atoms with Gasteiger partial charge < -0.3 is 10.6 Å². The van der Waals surface area contributed by atoms with E-state index < -0.39 is 0 Å². The Bertz CT molecular complexity index is 539. The van der Waals surface area contributed by atoms with Crippen molar-refractivity contribution in [3.63, 3.8) is 0 Å². The fourth-order valence-corrected chi connectivity index (χ4v) is 2.65. The van der Waals surface area contributed by atoms with Crippen LogP contribution in [0.2, 0.25) is 0 Å². The van der Waals surface area contributed by atoms with Gasteiger partial charge in [0.05, 0.1) is 5.69 Å². The van der Waals surface area contributed by atoms with Gasteiger partial charge in [0, 0.05) is 12.6 Å². The van der Waals surface area contributed by atoms with Crippen LogP contribution in [0.5, 0.6) is 0 Å². The molecule has 1 aliphatic rings. The molecule has 1 fully saturated rings. The van der Waals surface area contributed by atoms with Crippen LogP contribution in [-0.4, -0.2) is 39.6 Å². The van der Waals surface area contributed by atoms with Crippen LogP contribution in [0.3, 0.4) is 0 Å². The van der Waals surface area contributed by atoms with Gasteiger partial charge in [-0.3, -0.25) is 4.40 Å². The number of hydrogen-bond acceptors (Lipinski definition) is 4. The average molecular weight is 245 g/mol. The van der Waals surface area contributed by atoms with E-state index in [2.05, 4.69) is 22.1 Å². The first-order valence-electron chi connectivity index (χ1n) is 6.50. The molecule has 0 amide bonds. The van der Waals surface area contributed by atoms with E-state index in [-0.39, 0.29) is 0 Å². The van der Waals surface area contributed by atoms with Gasteiger partial charge in [-0.1, -0.05) is 0 Å². The highest BCUT2D eigenvalue weighted by Gasteiger charge is 2.19. The fraction of sp³-hybridized carbons (Fsp3) is 0.538. The zero-order valence-corrected chi connectivity index (χ0v) is 10.7. The third-order valence-corrected chi connectivity index (χ3v) is 3.84. The summed E-state index contributed by atoms with van der Waals surface area (Å²) in [6.45, 7) is 2.37. The minimum Gasteiger partial charge on any atom is -0.396 e. The first-order valence-corrected chi connectivity index (χ1v) is 6.50. The maximum atomic E-state index is 5.89. The van der Waals surface area contributed by atoms with Crippen molar-refractivity contribution in [3.05, 3.63) is 24.2 Å². The minimum absolute atomic E-state index is 0.694. The second-order valence-corrected chi connectivity index (χ2v) is 5.22. The fourth-order valence-electron chi connectivity index (χ4n) is 2.65. The number of nitrogens with zero attached hydrogens (tertiary/aromatic N) is 4. The number of pyridine rings is 1. The SMILES string of the molecule is CN1CCC(Cc2nnc3c(N)cccn23)CC1. The Balaban J connectivity index is 1.81. The number of likely N-dealkylation sites (tertiary alicyclic amines) is 1. The smallest absolute Gasteiger partial charge is 0.183 e. The van der Waals surface area contributed by atoms with Crippen LogP contribution < -0.4 is 5.73 Å². The lowest BCUT2D eigenvalue weighted by molar-refractivity contribution is 0.217. The first-order chi connectivity index (χ1) is 8.74. The largest absolute Gasteiger partial charge is 0.396 e. The number of hydrogen-bond donors (Lipinski definition) is 1. The van der Waals surface area contributed by atoms with Crippen molar-refractivity contribution < 1.29 is 0 Å². The highest BCUT2D eigenvalue weighted by Crippen LogP contribution is 2.21. The number of aromatic nitrogens is 3. The quantitative estimate of drug-likeness (QED) is 0.863. The van der Waals surface area contributed by atoms with Crippen LogP contribution >= 0.6 is 0 Å². The molecule has 3 heterocycles. The standard InChI is InChI=1S/C13H19N5/c1-17-7-4-10(5-8-17)9-12-15-16-13-11(14)3-2-6-18(12)13/h2-3,6,10H,4-5,7-9,14H2,1H3. The van der Waals surface area contributed by atoms with Gasteiger partial charge in [0.15, 0.2) is 5.65 Å². The summed E-state index contributed by atoms with van der Waals surface area (Å²) in [7, 11) is 2.18. The Morgan fingerprint density at radius 3 is 2.89 bits per heavy atom. The molecule has 5 nitrogen and oxygen atoms in total. The van der Waals surface area contributed by atoms with E-state index in [1.165, 1.54) is 25.9 Å². The molecule has 96 valence electrons. The summed E-state index contributed by atoms with van der Waals surface area (Å²) >= 11 is 0. The van der Waals surface area contributed by atoms with Crippen molar-refractivity contribution in [1.29, 1.82) is 0 Å². The summed E-state index contributed by atoms with van der Waals surface area (Å²) in [6, 6.07) is 3.81. The maximum absolute atomic E-state index is 5.89. The van der Waals surface area contributed by atoms with Crippen molar-refractivity contribution in [2.45, 2.75) is 19.3 Å². The molecule has 0 atom stereocenters. The molecular formula is C13H19N5. The van der Waals surface area contributed by atoms with Gasteiger partial charge in [0.2, 0.25) is 0 Å². The topological polar surface area (TPSA) is 59.5 Å². The van der Waals surface area contributed by atoms with Gasteiger partial charge in [0.25, 0.3) is 0 Å². The summed E-state index contributed by atoms with van der Waals surface area (Å²) in [6.07, 6.45) is 5.48. The van der Waals surface area contributed by atoms with E-state index >= 15 is 0 Å². The van der Waals surface area contributed by atoms with Crippen molar-refractivity contribution in [2.24, 2.45) is 5.92 Å². The van der Waals surface area contributed by atoms with Crippen LogP contribution in [-0.2, 0) is 6.42 Å². The predicted molar refractivity (Wildman–Crippen MR) is 71.3 cm³/mol. The van der Waals surface area contributed by atoms with Crippen LogP contribution in [0.15, 0.2) is 18.3 Å². The number of piperidine rings is 1. The molecule has 2 aromatic rings. The number of nitrogen functional groups attached to an aromatic ring is 1. The Morgan fingerprint density at radius 1 is 1.33 bits per heavy atom. The molecule has 18 heavy (non-hydrogen) atoms. The first kappa shape index (κ1) is 11.5. The third-order valence-electron chi connectivity index (χ3n) is 3.84.